The Kier molecular flexibility index (Phi) is 4.44. The van der Waals surface area contributed by atoms with Gasteiger partial charge >= 0.3 is 0 Å². The first-order chi connectivity index (χ1) is 5.07. The molecule has 0 aromatic heterocycles. The summed E-state index contributed by atoms with van der Waals surface area (Å²) >= 11 is 0. The van der Waals surface area contributed by atoms with Crippen LogP contribution in [-0.4, -0.2) is 40.1 Å². The molecule has 1 unspecified atom stereocenters. The Balaban J connectivity index is 4.70. The Labute approximate surface area is 86.0 Å². The van der Waals surface area contributed by atoms with E-state index in [4.69, 9.17) is 0 Å². The Bertz CT molecular complexity index is 127. The predicted octanol–water partition coefficient (Wildman–Crippen LogP) is 0.844. The van der Waals surface area contributed by atoms with Gasteiger partial charge in [0, 0.05) is 30.4 Å². The van der Waals surface area contributed by atoms with E-state index in [1.54, 1.807) is 9.76 Å². The van der Waals surface area contributed by atoms with Gasteiger partial charge in [-0.2, -0.15) is 0 Å². The summed E-state index contributed by atoms with van der Waals surface area (Å²) in [4.78, 5) is 0. The van der Waals surface area contributed by atoms with Crippen LogP contribution in [0.2, 0.25) is 45.8 Å². The van der Waals surface area contributed by atoms with Crippen LogP contribution in [0.1, 0.15) is 0 Å². The van der Waals surface area contributed by atoms with Crippen LogP contribution in [0.5, 0.6) is 0 Å². The van der Waals surface area contributed by atoms with Gasteiger partial charge in [0.2, 0.25) is 0 Å². The third-order valence-electron chi connectivity index (χ3n) is 2.53. The Morgan fingerprint density at radius 1 is 0.833 bits per heavy atom. The van der Waals surface area contributed by atoms with Crippen LogP contribution in [0.3, 0.4) is 0 Å². The van der Waals surface area contributed by atoms with Gasteiger partial charge in [-0.05, 0) is 9.76 Å². The third-order valence-corrected chi connectivity index (χ3v) is 86.4. The first kappa shape index (κ1) is 13.1. The zero-order valence-electron chi connectivity index (χ0n) is 10.2. The van der Waals surface area contributed by atoms with Crippen molar-refractivity contribution in [3.05, 3.63) is 0 Å². The maximum Gasteiger partial charge on any atom is 0.0294 e. The van der Waals surface area contributed by atoms with Crippen LogP contribution in [0.4, 0.5) is 0 Å². The molecule has 0 aliphatic rings. The van der Waals surface area contributed by atoms with Crippen molar-refractivity contribution in [3.8, 4) is 0 Å². The molecule has 0 fully saturated rings. The minimum absolute atomic E-state index is 0.134. The summed E-state index contributed by atoms with van der Waals surface area (Å²) in [5.41, 5.74) is 0. The molecule has 74 valence electrons. The minimum atomic E-state index is -0.688. The first-order valence-corrected chi connectivity index (χ1v) is 24.1. The second-order valence-corrected chi connectivity index (χ2v) is 54.7. The quantitative estimate of drug-likeness (QED) is 0.652. The summed E-state index contributed by atoms with van der Waals surface area (Å²) in [6.45, 7) is 18.5. The maximum atomic E-state index is 2.67. The largest absolute Gasteiger partial charge is 0.0770 e. The van der Waals surface area contributed by atoms with Gasteiger partial charge in [-0.25, -0.2) is 0 Å². The van der Waals surface area contributed by atoms with Crippen LogP contribution in [0.25, 0.3) is 0 Å². The fourth-order valence-corrected chi connectivity index (χ4v) is 143. The first-order valence-electron chi connectivity index (χ1n) is 5.07. The molecule has 0 aromatic rings. The summed E-state index contributed by atoms with van der Waals surface area (Å²) in [5.74, 6) is 0. The smallest absolute Gasteiger partial charge is 0.0294 e. The highest BCUT2D eigenvalue weighted by atomic mass is 30.0. The molecule has 0 spiro atoms. The number of rotatable bonds is 3. The monoisotopic (exact) mass is 250 g/mol. The average molecular weight is 251 g/mol. The molecule has 0 amide bonds. The van der Waals surface area contributed by atoms with Gasteiger partial charge in [0.1, 0.15) is 0 Å². The molecule has 12 heavy (non-hydrogen) atoms. The fourth-order valence-electron chi connectivity index (χ4n) is 3.30. The molecular weight excluding hydrogens is 225 g/mol. The molecule has 0 bridgehead atoms. The van der Waals surface area contributed by atoms with Crippen molar-refractivity contribution in [3.63, 3.8) is 0 Å². The molecule has 0 aliphatic carbocycles. The van der Waals surface area contributed by atoms with Crippen molar-refractivity contribution in [2.24, 2.45) is 0 Å². The molecule has 0 rings (SSSR count). The lowest BCUT2D eigenvalue weighted by Crippen LogP contribution is -2.66. The van der Waals surface area contributed by atoms with Crippen LogP contribution >= 0.6 is 0 Å². The van der Waals surface area contributed by atoms with Gasteiger partial charge in [0.15, 0.2) is 0 Å². The average Bonchev–Trinajstić information content (AvgIpc) is 1.49. The summed E-state index contributed by atoms with van der Waals surface area (Å²) in [6, 6.07) is 0. The third kappa shape index (κ3) is 3.86. The van der Waals surface area contributed by atoms with Gasteiger partial charge in [-0.3, -0.25) is 0 Å². The summed E-state index contributed by atoms with van der Waals surface area (Å²) in [7, 11) is -0.132. The molecule has 0 heterocycles. The van der Waals surface area contributed by atoms with Crippen LogP contribution in [0.15, 0.2) is 0 Å². The maximum absolute atomic E-state index is 2.67. The van der Waals surface area contributed by atoms with E-state index < -0.39 is 15.2 Å². The molecule has 0 radical (unpaired) electrons. The molecule has 0 aromatic carbocycles. The summed E-state index contributed by atoms with van der Waals surface area (Å²) in [5, 5.41) is 0. The SMILES string of the molecule is C[SiH]([SiH3])[SiH]([Si](C)(C)C)[Si](C)(C)C. The van der Waals surface area contributed by atoms with Gasteiger partial charge < -0.3 is 0 Å². The van der Waals surface area contributed by atoms with E-state index in [9.17, 15) is 0 Å². The van der Waals surface area contributed by atoms with Gasteiger partial charge in [-0.15, -0.1) is 0 Å². The molecule has 0 aliphatic heterocycles. The summed E-state index contributed by atoms with van der Waals surface area (Å²) in [6.07, 6.45) is 0. The Morgan fingerprint density at radius 3 is 1.08 bits per heavy atom. The van der Waals surface area contributed by atoms with E-state index in [1.165, 1.54) is 0 Å². The molecule has 1 atom stereocenters. The van der Waals surface area contributed by atoms with E-state index in [0.717, 1.165) is 0 Å². The number of hydrogen-bond acceptors (Lipinski definition) is 0. The Morgan fingerprint density at radius 2 is 1.08 bits per heavy atom. The molecule has 0 N–H and O–H groups in total. The number of hydrogen-bond donors (Lipinski definition) is 0. The van der Waals surface area contributed by atoms with E-state index >= 15 is 0 Å². The van der Waals surface area contributed by atoms with E-state index in [1.807, 2.05) is 0 Å². The van der Waals surface area contributed by atoms with Crippen molar-refractivity contribution < 1.29 is 0 Å². The lowest BCUT2D eigenvalue weighted by Gasteiger charge is -2.39. The highest BCUT2D eigenvalue weighted by Crippen LogP contribution is 2.18. The molecule has 5 heteroatoms. The highest BCUT2D eigenvalue weighted by Gasteiger charge is 2.40. The van der Waals surface area contributed by atoms with Crippen molar-refractivity contribution in [2.45, 2.75) is 45.8 Å². The second-order valence-electron chi connectivity index (χ2n) is 6.45. The van der Waals surface area contributed by atoms with Crippen molar-refractivity contribution in [1.29, 1.82) is 0 Å². The molecule has 0 saturated carbocycles. The Hall–Kier alpha value is 1.08. The fraction of sp³-hybridized carbons (Fsp3) is 1.00. The lowest BCUT2D eigenvalue weighted by molar-refractivity contribution is 1.81. The van der Waals surface area contributed by atoms with Gasteiger partial charge in [0.25, 0.3) is 0 Å². The van der Waals surface area contributed by atoms with Gasteiger partial charge in [0.05, 0.1) is 0 Å². The standard InChI is InChI=1S/C7H26Si5/c1-9(8)10(11(2,3)4)12(5,6)7/h9-10H,1-8H3. The minimum Gasteiger partial charge on any atom is -0.0770 e. The van der Waals surface area contributed by atoms with Crippen molar-refractivity contribution in [2.75, 3.05) is 0 Å². The van der Waals surface area contributed by atoms with Crippen LogP contribution in [0, 0.1) is 0 Å². The van der Waals surface area contributed by atoms with E-state index in [-0.39, 0.29) is 15.2 Å². The van der Waals surface area contributed by atoms with Gasteiger partial charge in [-0.1, -0.05) is 45.8 Å². The lowest BCUT2D eigenvalue weighted by atomic mass is 11.8. The highest BCUT2D eigenvalue weighted by molar-refractivity contribution is 7.83. The summed E-state index contributed by atoms with van der Waals surface area (Å²) < 4.78 is 0. The van der Waals surface area contributed by atoms with E-state index in [2.05, 4.69) is 45.8 Å². The van der Waals surface area contributed by atoms with Crippen LogP contribution in [-0.2, 0) is 0 Å². The zero-order valence-corrected chi connectivity index (χ0v) is 16.5. The zero-order chi connectivity index (χ0) is 10.2. The topological polar surface area (TPSA) is 0 Å². The van der Waals surface area contributed by atoms with Crippen LogP contribution < -0.4 is 0 Å². The van der Waals surface area contributed by atoms with Crippen molar-refractivity contribution >= 4 is 40.1 Å². The predicted molar refractivity (Wildman–Crippen MR) is 76.8 cm³/mol. The normalized spacial score (nSPS) is 17.0. The second kappa shape index (κ2) is 4.08. The molecular formula is C7H26Si5. The molecule has 0 nitrogen and oxygen atoms in total. The van der Waals surface area contributed by atoms with E-state index in [0.29, 0.717) is 0 Å². The van der Waals surface area contributed by atoms with Crippen molar-refractivity contribution in [1.82, 2.24) is 0 Å². The molecule has 0 saturated heterocycles.